The number of fused-ring (bicyclic) bond motifs is 1. The molecular weight excluding hydrogens is 424 g/mol. The predicted octanol–water partition coefficient (Wildman–Crippen LogP) is 2.63. The minimum absolute atomic E-state index is 0.0514. The summed E-state index contributed by atoms with van der Waals surface area (Å²) >= 11 is 6.20. The van der Waals surface area contributed by atoms with Crippen molar-refractivity contribution in [1.29, 1.82) is 0 Å². The molecule has 2 aliphatic heterocycles. The SMILES string of the molecule is Cn1c(OC2CCN(C(=O)OC(C)(C)C)CC2)nc2c(N3CCOCC3)nc(Cl)nc21. The largest absolute Gasteiger partial charge is 0.461 e. The third-order valence-corrected chi connectivity index (χ3v) is 5.48. The Hall–Kier alpha value is -2.33. The van der Waals surface area contributed by atoms with Crippen molar-refractivity contribution in [1.82, 2.24) is 24.4 Å². The number of nitrogens with zero attached hydrogens (tertiary/aromatic N) is 6. The molecule has 31 heavy (non-hydrogen) atoms. The molecule has 0 radical (unpaired) electrons. The van der Waals surface area contributed by atoms with Gasteiger partial charge in [0.25, 0.3) is 6.01 Å². The second kappa shape index (κ2) is 8.66. The van der Waals surface area contributed by atoms with Gasteiger partial charge >= 0.3 is 6.09 Å². The second-order valence-corrected chi connectivity index (χ2v) is 9.16. The van der Waals surface area contributed by atoms with Gasteiger partial charge in [-0.3, -0.25) is 4.57 Å². The van der Waals surface area contributed by atoms with E-state index in [2.05, 4.69) is 14.9 Å². The summed E-state index contributed by atoms with van der Waals surface area (Å²) < 4.78 is 18.9. The van der Waals surface area contributed by atoms with Crippen LogP contribution in [-0.2, 0) is 16.5 Å². The molecule has 0 atom stereocenters. The zero-order valence-corrected chi connectivity index (χ0v) is 19.2. The van der Waals surface area contributed by atoms with Crippen molar-refractivity contribution in [3.8, 4) is 6.01 Å². The zero-order valence-electron chi connectivity index (χ0n) is 18.4. The minimum atomic E-state index is -0.502. The summed E-state index contributed by atoms with van der Waals surface area (Å²) in [7, 11) is 1.85. The van der Waals surface area contributed by atoms with Gasteiger partial charge in [0.1, 0.15) is 11.7 Å². The smallest absolute Gasteiger partial charge is 0.410 e. The minimum Gasteiger partial charge on any atom is -0.461 e. The molecule has 1 amide bonds. The molecule has 0 spiro atoms. The number of aromatic nitrogens is 4. The molecule has 2 fully saturated rings. The van der Waals surface area contributed by atoms with Crippen molar-refractivity contribution in [2.24, 2.45) is 7.05 Å². The van der Waals surface area contributed by atoms with E-state index in [1.165, 1.54) is 0 Å². The summed E-state index contributed by atoms with van der Waals surface area (Å²) in [6, 6.07) is 0.469. The van der Waals surface area contributed by atoms with Crippen LogP contribution in [0.4, 0.5) is 10.6 Å². The zero-order chi connectivity index (χ0) is 22.2. The lowest BCUT2D eigenvalue weighted by Crippen LogP contribution is -2.44. The number of hydrogen-bond acceptors (Lipinski definition) is 8. The molecule has 0 N–H and O–H groups in total. The van der Waals surface area contributed by atoms with Crippen LogP contribution in [0.5, 0.6) is 6.01 Å². The Bertz CT molecular complexity index is 945. The lowest BCUT2D eigenvalue weighted by Gasteiger charge is -2.33. The second-order valence-electron chi connectivity index (χ2n) is 8.83. The summed E-state index contributed by atoms with van der Waals surface area (Å²) in [5.41, 5.74) is 0.788. The Morgan fingerprint density at radius 1 is 1.10 bits per heavy atom. The highest BCUT2D eigenvalue weighted by Crippen LogP contribution is 2.29. The topological polar surface area (TPSA) is 94.8 Å². The quantitative estimate of drug-likeness (QED) is 0.656. The van der Waals surface area contributed by atoms with Gasteiger partial charge in [-0.25, -0.2) is 4.79 Å². The van der Waals surface area contributed by atoms with Crippen LogP contribution in [0.1, 0.15) is 33.6 Å². The van der Waals surface area contributed by atoms with Gasteiger partial charge in [0.05, 0.1) is 13.2 Å². The molecular formula is C20H29ClN6O4. The van der Waals surface area contributed by atoms with Crippen molar-refractivity contribution >= 4 is 34.7 Å². The first-order chi connectivity index (χ1) is 14.7. The predicted molar refractivity (Wildman–Crippen MR) is 116 cm³/mol. The lowest BCUT2D eigenvalue weighted by molar-refractivity contribution is 0.0117. The molecule has 2 aromatic rings. The Morgan fingerprint density at radius 3 is 2.42 bits per heavy atom. The number of likely N-dealkylation sites (tertiary alicyclic amines) is 1. The Labute approximate surface area is 186 Å². The number of amides is 1. The molecule has 11 heteroatoms. The molecule has 0 unspecified atom stereocenters. The van der Waals surface area contributed by atoms with Gasteiger partial charge in [0.15, 0.2) is 17.0 Å². The summed E-state index contributed by atoms with van der Waals surface area (Å²) in [6.45, 7) is 9.47. The van der Waals surface area contributed by atoms with Gasteiger partial charge in [0.2, 0.25) is 5.28 Å². The monoisotopic (exact) mass is 452 g/mol. The van der Waals surface area contributed by atoms with E-state index in [1.807, 2.05) is 27.8 Å². The standard InChI is InChI=1S/C20H29ClN6O4/c1-20(2,3)31-19(28)27-7-5-13(6-8-27)30-18-22-14-15(25(18)4)23-17(21)24-16(14)26-9-11-29-12-10-26/h13H,5-12H2,1-4H3. The molecule has 0 aliphatic carbocycles. The Morgan fingerprint density at radius 2 is 1.77 bits per heavy atom. The van der Waals surface area contributed by atoms with E-state index in [9.17, 15) is 4.79 Å². The molecule has 0 saturated carbocycles. The van der Waals surface area contributed by atoms with Crippen molar-refractivity contribution < 1.29 is 19.0 Å². The van der Waals surface area contributed by atoms with Crippen molar-refractivity contribution in [3.63, 3.8) is 0 Å². The summed E-state index contributed by atoms with van der Waals surface area (Å²) in [4.78, 5) is 29.6. The molecule has 0 bridgehead atoms. The number of hydrogen-bond donors (Lipinski definition) is 0. The fraction of sp³-hybridized carbons (Fsp3) is 0.700. The number of morpholine rings is 1. The average molecular weight is 453 g/mol. The number of ether oxygens (including phenoxy) is 3. The first kappa shape index (κ1) is 21.9. The van der Waals surface area contributed by atoms with Crippen LogP contribution in [0, 0.1) is 0 Å². The third-order valence-electron chi connectivity index (χ3n) is 5.31. The summed E-state index contributed by atoms with van der Waals surface area (Å²) in [5, 5.41) is 0.175. The fourth-order valence-corrected chi connectivity index (χ4v) is 3.89. The van der Waals surface area contributed by atoms with Gasteiger partial charge in [-0.2, -0.15) is 15.0 Å². The number of carbonyl (C=O) groups excluding carboxylic acids is 1. The number of aryl methyl sites for hydroxylation is 1. The van der Waals surface area contributed by atoms with Crippen molar-refractivity contribution in [2.75, 3.05) is 44.3 Å². The first-order valence-electron chi connectivity index (χ1n) is 10.6. The molecule has 4 rings (SSSR count). The van der Waals surface area contributed by atoms with E-state index in [1.54, 1.807) is 9.47 Å². The van der Waals surface area contributed by atoms with Gasteiger partial charge in [-0.1, -0.05) is 0 Å². The molecule has 0 aromatic carbocycles. The lowest BCUT2D eigenvalue weighted by atomic mass is 10.1. The highest BCUT2D eigenvalue weighted by Gasteiger charge is 2.29. The maximum Gasteiger partial charge on any atom is 0.410 e. The van der Waals surface area contributed by atoms with E-state index in [4.69, 9.17) is 30.8 Å². The fourth-order valence-electron chi connectivity index (χ4n) is 3.73. The van der Waals surface area contributed by atoms with Crippen LogP contribution in [0.15, 0.2) is 0 Å². The molecule has 170 valence electrons. The van der Waals surface area contributed by atoms with Crippen molar-refractivity contribution in [3.05, 3.63) is 5.28 Å². The van der Waals surface area contributed by atoms with Gasteiger partial charge in [0, 0.05) is 46.1 Å². The average Bonchev–Trinajstić information content (AvgIpc) is 3.03. The van der Waals surface area contributed by atoms with Crippen LogP contribution in [-0.4, -0.2) is 81.6 Å². The molecule has 4 heterocycles. The van der Waals surface area contributed by atoms with E-state index in [0.717, 1.165) is 13.1 Å². The van der Waals surface area contributed by atoms with Gasteiger partial charge in [-0.05, 0) is 32.4 Å². The van der Waals surface area contributed by atoms with Gasteiger partial charge in [-0.15, -0.1) is 0 Å². The Kier molecular flexibility index (Phi) is 6.11. The molecule has 2 saturated heterocycles. The molecule has 2 aliphatic rings. The van der Waals surface area contributed by atoms with Crippen LogP contribution in [0.25, 0.3) is 11.2 Å². The van der Waals surface area contributed by atoms with Crippen molar-refractivity contribution in [2.45, 2.75) is 45.3 Å². The highest BCUT2D eigenvalue weighted by atomic mass is 35.5. The van der Waals surface area contributed by atoms with Crippen LogP contribution in [0.2, 0.25) is 5.28 Å². The highest BCUT2D eigenvalue weighted by molar-refractivity contribution is 6.28. The summed E-state index contributed by atoms with van der Waals surface area (Å²) in [5.74, 6) is 0.698. The van der Waals surface area contributed by atoms with E-state index < -0.39 is 5.60 Å². The third kappa shape index (κ3) is 4.95. The molecule has 10 nitrogen and oxygen atoms in total. The maximum absolute atomic E-state index is 12.3. The van der Waals surface area contributed by atoms with E-state index in [-0.39, 0.29) is 17.5 Å². The maximum atomic E-state index is 12.3. The van der Waals surface area contributed by atoms with Crippen LogP contribution >= 0.6 is 11.6 Å². The number of rotatable bonds is 3. The number of carbonyl (C=O) groups is 1. The van der Waals surface area contributed by atoms with E-state index >= 15 is 0 Å². The number of imidazole rings is 1. The normalized spacial score (nSPS) is 18.5. The first-order valence-corrected chi connectivity index (χ1v) is 11.0. The van der Waals surface area contributed by atoms with E-state index in [0.29, 0.717) is 62.1 Å². The van der Waals surface area contributed by atoms with Gasteiger partial charge < -0.3 is 24.0 Å². The molecule has 2 aromatic heterocycles. The number of anilines is 1. The number of piperidine rings is 1. The number of halogens is 1. The summed E-state index contributed by atoms with van der Waals surface area (Å²) in [6.07, 6.45) is 1.06. The Balaban J connectivity index is 1.47. The van der Waals surface area contributed by atoms with Crippen LogP contribution in [0.3, 0.4) is 0 Å². The van der Waals surface area contributed by atoms with Crippen LogP contribution < -0.4 is 9.64 Å².